The average molecular weight is 290 g/mol. The van der Waals surface area contributed by atoms with Crippen LogP contribution in [0.3, 0.4) is 0 Å². The van der Waals surface area contributed by atoms with Crippen LogP contribution in [0.5, 0.6) is 0 Å². The summed E-state index contributed by atoms with van der Waals surface area (Å²) in [5.41, 5.74) is 9.46. The van der Waals surface area contributed by atoms with Gasteiger partial charge in [0.15, 0.2) is 0 Å². The van der Waals surface area contributed by atoms with Crippen LogP contribution in [-0.4, -0.2) is 48.1 Å². The zero-order valence-electron chi connectivity index (χ0n) is 12.2. The van der Waals surface area contributed by atoms with E-state index in [1.807, 2.05) is 0 Å². The van der Waals surface area contributed by atoms with E-state index >= 15 is 0 Å². The van der Waals surface area contributed by atoms with E-state index in [9.17, 15) is 0 Å². The molecule has 1 aromatic heterocycles. The quantitative estimate of drug-likeness (QED) is 0.851. The van der Waals surface area contributed by atoms with Crippen LogP contribution >= 0.6 is 12.2 Å². The third-order valence-corrected chi connectivity index (χ3v) is 4.71. The van der Waals surface area contributed by atoms with E-state index in [1.54, 1.807) is 0 Å². The summed E-state index contributed by atoms with van der Waals surface area (Å²) in [4.78, 5) is 9.99. The van der Waals surface area contributed by atoms with Crippen LogP contribution in [0.1, 0.15) is 29.7 Å². The van der Waals surface area contributed by atoms with Crippen LogP contribution < -0.4 is 10.6 Å². The van der Waals surface area contributed by atoms with Crippen LogP contribution in [0.2, 0.25) is 0 Å². The van der Waals surface area contributed by atoms with Crippen molar-refractivity contribution in [3.05, 3.63) is 22.9 Å². The molecular weight excluding hydrogens is 268 g/mol. The Morgan fingerprint density at radius 3 is 2.90 bits per heavy atom. The minimum Gasteiger partial charge on any atom is -0.389 e. The zero-order chi connectivity index (χ0) is 14.3. The van der Waals surface area contributed by atoms with Gasteiger partial charge in [-0.1, -0.05) is 12.2 Å². The molecule has 0 bridgehead atoms. The predicted octanol–water partition coefficient (Wildman–Crippen LogP) is 1.34. The number of aryl methyl sites for hydroxylation is 2. The summed E-state index contributed by atoms with van der Waals surface area (Å²) in [7, 11) is 4.28. The Labute approximate surface area is 126 Å². The second kappa shape index (κ2) is 5.30. The zero-order valence-corrected chi connectivity index (χ0v) is 13.0. The number of nitrogens with two attached hydrogens (primary N) is 1. The van der Waals surface area contributed by atoms with Crippen LogP contribution in [0.4, 0.5) is 5.82 Å². The van der Waals surface area contributed by atoms with Crippen molar-refractivity contribution in [3.8, 4) is 0 Å². The topological polar surface area (TPSA) is 45.4 Å². The molecule has 3 rings (SSSR count). The van der Waals surface area contributed by atoms with Crippen molar-refractivity contribution in [1.29, 1.82) is 0 Å². The van der Waals surface area contributed by atoms with Gasteiger partial charge in [-0.05, 0) is 51.4 Å². The van der Waals surface area contributed by atoms with Gasteiger partial charge in [0.1, 0.15) is 10.8 Å². The summed E-state index contributed by atoms with van der Waals surface area (Å²) in [5.74, 6) is 1.00. The van der Waals surface area contributed by atoms with Gasteiger partial charge in [0.2, 0.25) is 0 Å². The number of anilines is 1. The molecule has 2 N–H and O–H groups in total. The fraction of sp³-hybridized carbons (Fsp3) is 0.600. The Morgan fingerprint density at radius 2 is 2.25 bits per heavy atom. The van der Waals surface area contributed by atoms with Crippen molar-refractivity contribution in [2.75, 3.05) is 32.1 Å². The smallest absolute Gasteiger partial charge is 0.139 e. The van der Waals surface area contributed by atoms with Crippen molar-refractivity contribution in [2.24, 2.45) is 5.73 Å². The summed E-state index contributed by atoms with van der Waals surface area (Å²) in [6.07, 6.45) is 4.56. The molecular formula is C15H22N4S. The van der Waals surface area contributed by atoms with E-state index in [0.29, 0.717) is 11.0 Å². The number of rotatable bonds is 3. The molecule has 1 fully saturated rings. The third kappa shape index (κ3) is 2.40. The maximum absolute atomic E-state index is 5.93. The monoisotopic (exact) mass is 290 g/mol. The first-order valence-electron chi connectivity index (χ1n) is 7.30. The Bertz CT molecular complexity index is 541. The van der Waals surface area contributed by atoms with E-state index in [2.05, 4.69) is 30.0 Å². The summed E-state index contributed by atoms with van der Waals surface area (Å²) in [5, 5.41) is 0. The highest BCUT2D eigenvalue weighted by atomic mass is 32.1. The highest BCUT2D eigenvalue weighted by Gasteiger charge is 2.28. The Kier molecular flexibility index (Phi) is 3.65. The number of thiocarbonyl (C=S) groups is 1. The first-order chi connectivity index (χ1) is 9.56. The van der Waals surface area contributed by atoms with Crippen LogP contribution in [-0.2, 0) is 12.8 Å². The van der Waals surface area contributed by atoms with E-state index in [0.717, 1.165) is 37.3 Å². The molecule has 1 saturated heterocycles. The van der Waals surface area contributed by atoms with E-state index in [4.69, 9.17) is 22.9 Å². The largest absolute Gasteiger partial charge is 0.389 e. The third-order valence-electron chi connectivity index (χ3n) is 4.49. The minimum atomic E-state index is 0.468. The fourth-order valence-electron chi connectivity index (χ4n) is 3.24. The van der Waals surface area contributed by atoms with Crippen LogP contribution in [0.15, 0.2) is 6.07 Å². The number of nitrogens with zero attached hydrogens (tertiary/aromatic N) is 3. The van der Waals surface area contributed by atoms with Crippen molar-refractivity contribution in [2.45, 2.75) is 31.7 Å². The average Bonchev–Trinajstić information content (AvgIpc) is 3.05. The van der Waals surface area contributed by atoms with E-state index in [-0.39, 0.29) is 0 Å². The van der Waals surface area contributed by atoms with Gasteiger partial charge >= 0.3 is 0 Å². The molecule has 1 aliphatic heterocycles. The number of aromatic nitrogens is 1. The lowest BCUT2D eigenvalue weighted by atomic mass is 10.1. The highest BCUT2D eigenvalue weighted by Crippen LogP contribution is 2.29. The van der Waals surface area contributed by atoms with Gasteiger partial charge in [-0.15, -0.1) is 0 Å². The van der Waals surface area contributed by atoms with Crippen molar-refractivity contribution >= 4 is 23.0 Å². The molecule has 0 amide bonds. The van der Waals surface area contributed by atoms with Gasteiger partial charge in [-0.3, -0.25) is 0 Å². The number of pyridine rings is 1. The highest BCUT2D eigenvalue weighted by molar-refractivity contribution is 7.80. The maximum Gasteiger partial charge on any atom is 0.139 e. The predicted molar refractivity (Wildman–Crippen MR) is 86.5 cm³/mol. The van der Waals surface area contributed by atoms with Gasteiger partial charge in [0, 0.05) is 24.8 Å². The number of likely N-dealkylation sites (N-methyl/N-ethyl adjacent to an activating group) is 1. The Balaban J connectivity index is 1.94. The molecule has 20 heavy (non-hydrogen) atoms. The fourth-order valence-corrected chi connectivity index (χ4v) is 3.39. The molecule has 108 valence electrons. The molecule has 4 nitrogen and oxygen atoms in total. The second-order valence-electron chi connectivity index (χ2n) is 6.04. The molecule has 1 atom stereocenters. The Morgan fingerprint density at radius 1 is 1.45 bits per heavy atom. The molecule has 1 unspecified atom stereocenters. The van der Waals surface area contributed by atoms with Gasteiger partial charge < -0.3 is 15.5 Å². The molecule has 0 saturated carbocycles. The lowest BCUT2D eigenvalue weighted by Gasteiger charge is -2.23. The lowest BCUT2D eigenvalue weighted by Crippen LogP contribution is -2.32. The number of hydrogen-bond donors (Lipinski definition) is 1. The summed E-state index contributed by atoms with van der Waals surface area (Å²) < 4.78 is 0. The van der Waals surface area contributed by atoms with Crippen molar-refractivity contribution in [1.82, 2.24) is 9.88 Å². The molecule has 0 radical (unpaired) electrons. The standard InChI is InChI=1S/C15H22N4S/c1-18(2)11-6-7-19(9-11)15-12(14(16)20)8-10-4-3-5-13(10)17-15/h8,11H,3-7,9H2,1-2H3,(H2,16,20). The Hall–Kier alpha value is -1.20. The number of fused-ring (bicyclic) bond motifs is 1. The maximum atomic E-state index is 5.93. The summed E-state index contributed by atoms with van der Waals surface area (Å²) >= 11 is 5.24. The van der Waals surface area contributed by atoms with Gasteiger partial charge in [0.05, 0.1) is 5.56 Å². The summed E-state index contributed by atoms with van der Waals surface area (Å²) in [6, 6.07) is 2.76. The molecule has 5 heteroatoms. The molecule has 2 aliphatic rings. The van der Waals surface area contributed by atoms with Gasteiger partial charge in [-0.25, -0.2) is 4.98 Å². The normalized spacial score (nSPS) is 21.6. The second-order valence-corrected chi connectivity index (χ2v) is 6.48. The van der Waals surface area contributed by atoms with Crippen molar-refractivity contribution in [3.63, 3.8) is 0 Å². The van der Waals surface area contributed by atoms with Crippen LogP contribution in [0, 0.1) is 0 Å². The van der Waals surface area contributed by atoms with E-state index in [1.165, 1.54) is 24.1 Å². The molecule has 0 aromatic carbocycles. The van der Waals surface area contributed by atoms with Gasteiger partial charge in [-0.2, -0.15) is 0 Å². The molecule has 2 heterocycles. The molecule has 0 spiro atoms. The van der Waals surface area contributed by atoms with E-state index < -0.39 is 0 Å². The molecule has 1 aliphatic carbocycles. The first-order valence-corrected chi connectivity index (χ1v) is 7.71. The van der Waals surface area contributed by atoms with Crippen LogP contribution in [0.25, 0.3) is 0 Å². The van der Waals surface area contributed by atoms with Crippen molar-refractivity contribution < 1.29 is 0 Å². The van der Waals surface area contributed by atoms with Gasteiger partial charge in [0.25, 0.3) is 0 Å². The SMILES string of the molecule is CN(C)C1CCN(c2nc3c(cc2C(N)=S)CCC3)C1. The summed E-state index contributed by atoms with van der Waals surface area (Å²) in [6.45, 7) is 2.04. The lowest BCUT2D eigenvalue weighted by molar-refractivity contribution is 0.315. The molecule has 1 aromatic rings. The number of hydrogen-bond acceptors (Lipinski definition) is 4. The first kappa shape index (κ1) is 13.8. The minimum absolute atomic E-state index is 0.468.